The minimum Gasteiger partial charge on any atom is -0.497 e. The van der Waals surface area contributed by atoms with E-state index in [0.717, 1.165) is 25.9 Å². The molecular weight excluding hydrogens is 229 g/mol. The van der Waals surface area contributed by atoms with Crippen LogP contribution in [-0.4, -0.2) is 20.2 Å². The average Bonchev–Trinajstić information content (AvgIpc) is 2.77. The lowest BCUT2D eigenvalue weighted by Gasteiger charge is -2.11. The zero-order chi connectivity index (χ0) is 11.5. The van der Waals surface area contributed by atoms with E-state index in [1.165, 1.54) is 6.07 Å². The first-order chi connectivity index (χ1) is 7.70. The van der Waals surface area contributed by atoms with E-state index in [2.05, 4.69) is 5.32 Å². The van der Waals surface area contributed by atoms with Gasteiger partial charge in [-0.1, -0.05) is 11.6 Å². The number of benzene rings is 1. The Morgan fingerprint density at radius 2 is 2.38 bits per heavy atom. The van der Waals surface area contributed by atoms with Gasteiger partial charge in [0.05, 0.1) is 12.1 Å². The second-order valence-corrected chi connectivity index (χ2v) is 4.55. The maximum Gasteiger partial charge on any atom is 0.145 e. The van der Waals surface area contributed by atoms with Gasteiger partial charge >= 0.3 is 0 Å². The molecule has 0 amide bonds. The Morgan fingerprint density at radius 1 is 1.56 bits per heavy atom. The number of nitrogens with one attached hydrogen (secondary N) is 1. The standard InChI is InChI=1S/C12H15ClFNO/c1-16-10-5-9(12(14)11(13)6-10)4-8-2-3-15-7-8/h5-6,8,15H,2-4,7H2,1H3. The van der Waals surface area contributed by atoms with Crippen molar-refractivity contribution in [1.82, 2.24) is 5.32 Å². The molecule has 2 nitrogen and oxygen atoms in total. The van der Waals surface area contributed by atoms with Crippen LogP contribution in [0.25, 0.3) is 0 Å². The third-order valence-corrected chi connectivity index (χ3v) is 3.26. The van der Waals surface area contributed by atoms with E-state index in [1.54, 1.807) is 13.2 Å². The molecule has 1 atom stereocenters. The van der Waals surface area contributed by atoms with E-state index in [4.69, 9.17) is 16.3 Å². The summed E-state index contributed by atoms with van der Waals surface area (Å²) in [6, 6.07) is 3.24. The number of ether oxygens (including phenoxy) is 1. The smallest absolute Gasteiger partial charge is 0.145 e. The Balaban J connectivity index is 2.20. The Kier molecular flexibility index (Phi) is 3.66. The number of halogens is 2. The zero-order valence-corrected chi connectivity index (χ0v) is 9.98. The molecule has 0 aromatic heterocycles. The summed E-state index contributed by atoms with van der Waals surface area (Å²) in [5, 5.41) is 3.41. The minimum atomic E-state index is -0.311. The van der Waals surface area contributed by atoms with Gasteiger partial charge in [-0.05, 0) is 43.5 Å². The normalized spacial score (nSPS) is 20.1. The van der Waals surface area contributed by atoms with Gasteiger partial charge in [-0.25, -0.2) is 4.39 Å². The molecule has 1 aliphatic rings. The topological polar surface area (TPSA) is 21.3 Å². The zero-order valence-electron chi connectivity index (χ0n) is 9.22. The number of rotatable bonds is 3. The summed E-state index contributed by atoms with van der Waals surface area (Å²) in [5.41, 5.74) is 0.651. The van der Waals surface area contributed by atoms with E-state index < -0.39 is 0 Å². The molecular formula is C12H15ClFNO. The summed E-state index contributed by atoms with van der Waals surface area (Å²) in [4.78, 5) is 0. The fourth-order valence-electron chi connectivity index (χ4n) is 2.08. The van der Waals surface area contributed by atoms with Gasteiger partial charge in [0.2, 0.25) is 0 Å². The van der Waals surface area contributed by atoms with Crippen molar-refractivity contribution < 1.29 is 9.13 Å². The van der Waals surface area contributed by atoms with Crippen LogP contribution in [-0.2, 0) is 6.42 Å². The van der Waals surface area contributed by atoms with Gasteiger partial charge in [-0.15, -0.1) is 0 Å². The predicted octanol–water partition coefficient (Wildman–Crippen LogP) is 2.64. The monoisotopic (exact) mass is 243 g/mol. The van der Waals surface area contributed by atoms with Gasteiger partial charge in [-0.2, -0.15) is 0 Å². The average molecular weight is 244 g/mol. The molecule has 1 unspecified atom stereocenters. The van der Waals surface area contributed by atoms with Crippen molar-refractivity contribution in [2.45, 2.75) is 12.8 Å². The van der Waals surface area contributed by atoms with E-state index in [-0.39, 0.29) is 10.8 Å². The van der Waals surface area contributed by atoms with Gasteiger partial charge < -0.3 is 10.1 Å². The molecule has 16 heavy (non-hydrogen) atoms. The summed E-state index contributed by atoms with van der Waals surface area (Å²) in [7, 11) is 1.56. The fraction of sp³-hybridized carbons (Fsp3) is 0.500. The van der Waals surface area contributed by atoms with E-state index in [0.29, 0.717) is 17.2 Å². The molecule has 4 heteroatoms. The number of hydrogen-bond acceptors (Lipinski definition) is 2. The molecule has 0 aliphatic carbocycles. The van der Waals surface area contributed by atoms with E-state index in [9.17, 15) is 4.39 Å². The second-order valence-electron chi connectivity index (χ2n) is 4.15. The molecule has 0 radical (unpaired) electrons. The Bertz CT molecular complexity index is 378. The summed E-state index contributed by atoms with van der Waals surface area (Å²) < 4.78 is 18.9. The molecule has 88 valence electrons. The largest absolute Gasteiger partial charge is 0.497 e. The molecule has 1 saturated heterocycles. The maximum absolute atomic E-state index is 13.8. The van der Waals surface area contributed by atoms with Gasteiger partial charge in [0.25, 0.3) is 0 Å². The highest BCUT2D eigenvalue weighted by atomic mass is 35.5. The Morgan fingerprint density at radius 3 is 3.00 bits per heavy atom. The molecule has 0 bridgehead atoms. The highest BCUT2D eigenvalue weighted by Gasteiger charge is 2.18. The van der Waals surface area contributed by atoms with Crippen molar-refractivity contribution in [1.29, 1.82) is 0 Å². The first kappa shape index (κ1) is 11.7. The van der Waals surface area contributed by atoms with Crippen LogP contribution in [0.3, 0.4) is 0 Å². The highest BCUT2D eigenvalue weighted by Crippen LogP contribution is 2.28. The molecule has 0 spiro atoms. The van der Waals surface area contributed by atoms with Crippen LogP contribution in [0.5, 0.6) is 5.75 Å². The van der Waals surface area contributed by atoms with Crippen molar-refractivity contribution in [2.75, 3.05) is 20.2 Å². The molecule has 1 fully saturated rings. The van der Waals surface area contributed by atoms with Crippen LogP contribution < -0.4 is 10.1 Å². The van der Waals surface area contributed by atoms with Crippen LogP contribution in [0.2, 0.25) is 5.02 Å². The fourth-order valence-corrected chi connectivity index (χ4v) is 2.31. The van der Waals surface area contributed by atoms with E-state index in [1.807, 2.05) is 0 Å². The number of methoxy groups -OCH3 is 1. The lowest BCUT2D eigenvalue weighted by atomic mass is 9.98. The SMILES string of the molecule is COc1cc(Cl)c(F)c(CC2CCNC2)c1. The molecule has 1 aromatic carbocycles. The van der Waals surface area contributed by atoms with Crippen LogP contribution >= 0.6 is 11.6 Å². The van der Waals surface area contributed by atoms with Crippen molar-refractivity contribution in [3.63, 3.8) is 0 Å². The lowest BCUT2D eigenvalue weighted by molar-refractivity contribution is 0.412. The summed E-state index contributed by atoms with van der Waals surface area (Å²) >= 11 is 5.81. The van der Waals surface area contributed by atoms with Crippen LogP contribution in [0.15, 0.2) is 12.1 Å². The molecule has 1 aromatic rings. The summed E-state index contributed by atoms with van der Waals surface area (Å²) in [6.07, 6.45) is 1.81. The van der Waals surface area contributed by atoms with Crippen LogP contribution in [0.4, 0.5) is 4.39 Å². The van der Waals surface area contributed by atoms with Gasteiger partial charge in [0.15, 0.2) is 0 Å². The van der Waals surface area contributed by atoms with Crippen molar-refractivity contribution in [2.24, 2.45) is 5.92 Å². The summed E-state index contributed by atoms with van der Waals surface area (Å²) in [5.74, 6) is 0.805. The molecule has 1 heterocycles. The van der Waals surface area contributed by atoms with Gasteiger partial charge in [0.1, 0.15) is 11.6 Å². The number of hydrogen-bond donors (Lipinski definition) is 1. The lowest BCUT2D eigenvalue weighted by Crippen LogP contribution is -2.11. The van der Waals surface area contributed by atoms with Gasteiger partial charge in [0, 0.05) is 6.07 Å². The molecule has 1 N–H and O–H groups in total. The highest BCUT2D eigenvalue weighted by molar-refractivity contribution is 6.30. The maximum atomic E-state index is 13.8. The summed E-state index contributed by atoms with van der Waals surface area (Å²) in [6.45, 7) is 1.97. The first-order valence-electron chi connectivity index (χ1n) is 5.43. The van der Waals surface area contributed by atoms with Crippen LogP contribution in [0, 0.1) is 11.7 Å². The van der Waals surface area contributed by atoms with Gasteiger partial charge in [-0.3, -0.25) is 0 Å². The van der Waals surface area contributed by atoms with E-state index >= 15 is 0 Å². The second kappa shape index (κ2) is 5.02. The predicted molar refractivity (Wildman–Crippen MR) is 62.6 cm³/mol. The first-order valence-corrected chi connectivity index (χ1v) is 5.81. The van der Waals surface area contributed by atoms with Crippen molar-refractivity contribution >= 4 is 11.6 Å². The quantitative estimate of drug-likeness (QED) is 0.881. The third-order valence-electron chi connectivity index (χ3n) is 2.98. The molecule has 0 saturated carbocycles. The Labute approximate surface area is 99.7 Å². The Hall–Kier alpha value is -0.800. The molecule has 1 aliphatic heterocycles. The van der Waals surface area contributed by atoms with Crippen molar-refractivity contribution in [3.05, 3.63) is 28.5 Å². The van der Waals surface area contributed by atoms with Crippen LogP contribution in [0.1, 0.15) is 12.0 Å². The minimum absolute atomic E-state index is 0.139. The molecule has 2 rings (SSSR count). The van der Waals surface area contributed by atoms with Crippen molar-refractivity contribution in [3.8, 4) is 5.75 Å². The third kappa shape index (κ3) is 2.47.